The predicted molar refractivity (Wildman–Crippen MR) is 115 cm³/mol. The van der Waals surface area contributed by atoms with E-state index in [0.29, 0.717) is 18.7 Å². The smallest absolute Gasteiger partial charge is 0.295 e. The van der Waals surface area contributed by atoms with Crippen molar-refractivity contribution in [2.24, 2.45) is 0 Å². The fourth-order valence-corrected chi connectivity index (χ4v) is 3.82. The lowest BCUT2D eigenvalue weighted by Gasteiger charge is -2.28. The van der Waals surface area contributed by atoms with E-state index in [1.807, 2.05) is 24.3 Å². The van der Waals surface area contributed by atoms with Crippen LogP contribution in [0.5, 0.6) is 0 Å². The number of benzene rings is 1. The SMILES string of the molecule is CCN(CC)CCN1C(=O)C(=O)/C(=C(/O)c2ccncc2)[C@H]1c1ccc(Br)cc1. The number of aliphatic hydroxyl groups excluding tert-OH is 1. The topological polar surface area (TPSA) is 73.7 Å². The Morgan fingerprint density at radius 2 is 1.72 bits per heavy atom. The van der Waals surface area contributed by atoms with Gasteiger partial charge in [-0.1, -0.05) is 41.9 Å². The van der Waals surface area contributed by atoms with Gasteiger partial charge in [0.1, 0.15) is 5.76 Å². The van der Waals surface area contributed by atoms with Gasteiger partial charge in [0, 0.05) is 35.5 Å². The molecule has 0 unspecified atom stereocenters. The van der Waals surface area contributed by atoms with Crippen LogP contribution in [0.15, 0.2) is 58.8 Å². The van der Waals surface area contributed by atoms with Crippen molar-refractivity contribution < 1.29 is 14.7 Å². The number of aromatic nitrogens is 1. The van der Waals surface area contributed by atoms with Gasteiger partial charge in [-0.15, -0.1) is 0 Å². The summed E-state index contributed by atoms with van der Waals surface area (Å²) < 4.78 is 0.899. The highest BCUT2D eigenvalue weighted by molar-refractivity contribution is 9.10. The Hall–Kier alpha value is -2.51. The third kappa shape index (κ3) is 4.41. The molecule has 0 aliphatic carbocycles. The first-order valence-electron chi connectivity index (χ1n) is 9.64. The lowest BCUT2D eigenvalue weighted by Crippen LogP contribution is -2.38. The number of ketones is 1. The molecule has 1 atom stereocenters. The van der Waals surface area contributed by atoms with E-state index < -0.39 is 17.7 Å². The number of hydrogen-bond acceptors (Lipinski definition) is 5. The van der Waals surface area contributed by atoms with Gasteiger partial charge in [0.15, 0.2) is 0 Å². The van der Waals surface area contributed by atoms with Crippen LogP contribution in [-0.4, -0.2) is 57.8 Å². The maximum absolute atomic E-state index is 12.9. The highest BCUT2D eigenvalue weighted by Crippen LogP contribution is 2.39. The lowest BCUT2D eigenvalue weighted by molar-refractivity contribution is -0.140. The summed E-state index contributed by atoms with van der Waals surface area (Å²) in [5.41, 5.74) is 1.36. The number of carbonyl (C=O) groups is 2. The summed E-state index contributed by atoms with van der Waals surface area (Å²) in [6, 6.07) is 10.1. The Balaban J connectivity index is 2.07. The second kappa shape index (κ2) is 9.33. The molecule has 1 saturated heterocycles. The zero-order valence-electron chi connectivity index (χ0n) is 16.5. The number of amides is 1. The van der Waals surface area contributed by atoms with Gasteiger partial charge in [0.25, 0.3) is 11.7 Å². The van der Waals surface area contributed by atoms with Crippen molar-refractivity contribution in [1.29, 1.82) is 0 Å². The van der Waals surface area contributed by atoms with Crippen LogP contribution in [0.3, 0.4) is 0 Å². The van der Waals surface area contributed by atoms with Crippen molar-refractivity contribution in [3.63, 3.8) is 0 Å². The highest BCUT2D eigenvalue weighted by Gasteiger charge is 2.45. The van der Waals surface area contributed by atoms with Gasteiger partial charge in [-0.2, -0.15) is 0 Å². The largest absolute Gasteiger partial charge is 0.507 e. The summed E-state index contributed by atoms with van der Waals surface area (Å²) in [5, 5.41) is 10.9. The summed E-state index contributed by atoms with van der Waals surface area (Å²) in [6.07, 6.45) is 3.08. The molecular formula is C22H24BrN3O3. The molecule has 29 heavy (non-hydrogen) atoms. The van der Waals surface area contributed by atoms with Crippen molar-refractivity contribution in [1.82, 2.24) is 14.8 Å². The number of aliphatic hydroxyl groups is 1. The average Bonchev–Trinajstić information content (AvgIpc) is 3.00. The lowest BCUT2D eigenvalue weighted by atomic mass is 9.95. The van der Waals surface area contributed by atoms with Crippen LogP contribution in [0.2, 0.25) is 0 Å². The molecule has 1 aromatic heterocycles. The summed E-state index contributed by atoms with van der Waals surface area (Å²) in [6.45, 7) is 6.91. The van der Waals surface area contributed by atoms with E-state index in [2.05, 4.69) is 39.7 Å². The predicted octanol–water partition coefficient (Wildman–Crippen LogP) is 3.61. The molecule has 1 N–H and O–H groups in total. The summed E-state index contributed by atoms with van der Waals surface area (Å²) in [5.74, 6) is -1.42. The molecular weight excluding hydrogens is 434 g/mol. The fourth-order valence-electron chi connectivity index (χ4n) is 3.56. The highest BCUT2D eigenvalue weighted by atomic mass is 79.9. The second-order valence-corrected chi connectivity index (χ2v) is 7.72. The first-order chi connectivity index (χ1) is 14.0. The van der Waals surface area contributed by atoms with Gasteiger partial charge in [-0.3, -0.25) is 14.6 Å². The molecule has 0 saturated carbocycles. The molecule has 1 aromatic carbocycles. The fraction of sp³-hybridized carbons (Fsp3) is 0.318. The third-order valence-electron chi connectivity index (χ3n) is 5.23. The van der Waals surface area contributed by atoms with Gasteiger partial charge >= 0.3 is 0 Å². The van der Waals surface area contributed by atoms with Gasteiger partial charge in [0.2, 0.25) is 0 Å². The number of pyridine rings is 1. The molecule has 1 fully saturated rings. The van der Waals surface area contributed by atoms with Crippen molar-refractivity contribution in [2.45, 2.75) is 19.9 Å². The van der Waals surface area contributed by atoms with Crippen LogP contribution >= 0.6 is 15.9 Å². The second-order valence-electron chi connectivity index (χ2n) is 6.81. The van der Waals surface area contributed by atoms with Gasteiger partial charge in [0.05, 0.1) is 11.6 Å². The normalized spacial score (nSPS) is 18.6. The number of nitrogens with zero attached hydrogens (tertiary/aromatic N) is 3. The molecule has 1 aliphatic heterocycles. The number of rotatable bonds is 7. The minimum atomic E-state index is -0.660. The molecule has 1 amide bonds. The van der Waals surface area contributed by atoms with E-state index in [9.17, 15) is 14.7 Å². The Morgan fingerprint density at radius 3 is 2.31 bits per heavy atom. The van der Waals surface area contributed by atoms with Gasteiger partial charge in [-0.25, -0.2) is 0 Å². The molecule has 0 bridgehead atoms. The molecule has 1 aliphatic rings. The van der Waals surface area contributed by atoms with Crippen molar-refractivity contribution in [2.75, 3.05) is 26.2 Å². The summed E-state index contributed by atoms with van der Waals surface area (Å²) in [7, 11) is 0. The van der Waals surface area contributed by atoms with Crippen molar-refractivity contribution in [3.05, 3.63) is 70.0 Å². The molecule has 0 radical (unpaired) electrons. The molecule has 6 nitrogen and oxygen atoms in total. The number of halogens is 1. The Labute approximate surface area is 179 Å². The Kier molecular flexibility index (Phi) is 6.82. The third-order valence-corrected chi connectivity index (χ3v) is 5.76. The van der Waals surface area contributed by atoms with Gasteiger partial charge in [-0.05, 0) is 42.9 Å². The molecule has 152 valence electrons. The van der Waals surface area contributed by atoms with Crippen LogP contribution < -0.4 is 0 Å². The van der Waals surface area contributed by atoms with Crippen molar-refractivity contribution >= 4 is 33.4 Å². The van der Waals surface area contributed by atoms with E-state index >= 15 is 0 Å². The van der Waals surface area contributed by atoms with Crippen LogP contribution in [0.1, 0.15) is 31.0 Å². The zero-order valence-corrected chi connectivity index (χ0v) is 18.1. The van der Waals surface area contributed by atoms with E-state index in [4.69, 9.17) is 0 Å². The minimum absolute atomic E-state index is 0.114. The minimum Gasteiger partial charge on any atom is -0.507 e. The quantitative estimate of drug-likeness (QED) is 0.390. The molecule has 0 spiro atoms. The van der Waals surface area contributed by atoms with E-state index in [1.165, 1.54) is 0 Å². The first-order valence-corrected chi connectivity index (χ1v) is 10.4. The van der Waals surface area contributed by atoms with E-state index in [0.717, 1.165) is 23.1 Å². The van der Waals surface area contributed by atoms with Crippen LogP contribution in [-0.2, 0) is 9.59 Å². The standard InChI is InChI=1S/C22H24BrN3O3/c1-3-25(4-2)13-14-26-19(15-5-7-17(23)8-6-15)18(21(28)22(26)29)20(27)16-9-11-24-12-10-16/h5-12,19,27H,3-4,13-14H2,1-2H3/b20-18+/t19-/m1/s1. The van der Waals surface area contributed by atoms with Crippen LogP contribution in [0, 0.1) is 0 Å². The Bertz CT molecular complexity index is 909. The molecule has 2 heterocycles. The summed E-state index contributed by atoms with van der Waals surface area (Å²) >= 11 is 3.42. The van der Waals surface area contributed by atoms with E-state index in [1.54, 1.807) is 29.4 Å². The number of hydrogen-bond donors (Lipinski definition) is 1. The van der Waals surface area contributed by atoms with Crippen LogP contribution in [0.4, 0.5) is 0 Å². The number of likely N-dealkylation sites (tertiary alicyclic amines) is 1. The molecule has 7 heteroatoms. The average molecular weight is 458 g/mol. The monoisotopic (exact) mass is 457 g/mol. The number of likely N-dealkylation sites (N-methyl/N-ethyl adjacent to an activating group) is 1. The number of Topliss-reactive ketones (excluding diaryl/α,β-unsaturated/α-hetero) is 1. The molecule has 2 aromatic rings. The van der Waals surface area contributed by atoms with Crippen LogP contribution in [0.25, 0.3) is 5.76 Å². The molecule has 3 rings (SSSR count). The maximum Gasteiger partial charge on any atom is 0.295 e. The maximum atomic E-state index is 12.9. The number of carbonyl (C=O) groups excluding carboxylic acids is 2. The zero-order chi connectivity index (χ0) is 21.0. The first kappa shape index (κ1) is 21.2. The van der Waals surface area contributed by atoms with Crippen molar-refractivity contribution in [3.8, 4) is 0 Å². The Morgan fingerprint density at radius 1 is 1.10 bits per heavy atom. The summed E-state index contributed by atoms with van der Waals surface area (Å²) in [4.78, 5) is 33.5. The van der Waals surface area contributed by atoms with E-state index in [-0.39, 0.29) is 11.3 Å². The van der Waals surface area contributed by atoms with Gasteiger partial charge < -0.3 is 14.9 Å².